The average Bonchev–Trinajstić information content (AvgIpc) is 3.10. The molecule has 2 aromatic carbocycles. The molecule has 3 atom stereocenters. The van der Waals surface area contributed by atoms with E-state index in [1.807, 2.05) is 74.5 Å². The summed E-state index contributed by atoms with van der Waals surface area (Å²) in [5, 5.41) is 3.03. The highest BCUT2D eigenvalue weighted by atomic mass is 16.2. The lowest BCUT2D eigenvalue weighted by Gasteiger charge is -2.36. The minimum atomic E-state index is -0.806. The van der Waals surface area contributed by atoms with E-state index >= 15 is 0 Å². The molecule has 274 valence electrons. The number of carbonyl (C=O) groups excluding carboxylic acids is 5. The molecule has 11 nitrogen and oxygen atoms in total. The third-order valence-electron chi connectivity index (χ3n) is 9.34. The van der Waals surface area contributed by atoms with E-state index in [1.54, 1.807) is 14.7 Å². The lowest BCUT2D eigenvalue weighted by molar-refractivity contribution is -0.143. The van der Waals surface area contributed by atoms with Gasteiger partial charge < -0.3 is 31.5 Å². The van der Waals surface area contributed by atoms with Crippen molar-refractivity contribution in [3.05, 3.63) is 71.8 Å². The monoisotopic (exact) mass is 690 g/mol. The van der Waals surface area contributed by atoms with Crippen LogP contribution in [-0.2, 0) is 36.9 Å². The summed E-state index contributed by atoms with van der Waals surface area (Å²) < 4.78 is 0. The summed E-state index contributed by atoms with van der Waals surface area (Å²) in [6.07, 6.45) is 2.65. The van der Waals surface area contributed by atoms with Gasteiger partial charge in [-0.15, -0.1) is 0 Å². The van der Waals surface area contributed by atoms with Crippen LogP contribution in [0.1, 0.15) is 70.4 Å². The summed E-state index contributed by atoms with van der Waals surface area (Å²) in [7, 11) is 0. The maximum Gasteiger partial charge on any atom is 0.226 e. The van der Waals surface area contributed by atoms with E-state index in [-0.39, 0.29) is 54.7 Å². The number of hydrogen-bond donors (Lipinski definition) is 3. The number of benzene rings is 2. The zero-order valence-electron chi connectivity index (χ0n) is 30.2. The first-order valence-corrected chi connectivity index (χ1v) is 18.1. The topological polar surface area (TPSA) is 159 Å². The Morgan fingerprint density at radius 2 is 1.38 bits per heavy atom. The van der Waals surface area contributed by atoms with Crippen molar-refractivity contribution >= 4 is 29.4 Å². The minimum absolute atomic E-state index is 0.00235. The Labute approximate surface area is 298 Å². The van der Waals surface area contributed by atoms with Gasteiger partial charge in [-0.2, -0.15) is 0 Å². The predicted molar refractivity (Wildman–Crippen MR) is 195 cm³/mol. The van der Waals surface area contributed by atoms with Gasteiger partial charge in [0.05, 0.1) is 12.0 Å². The summed E-state index contributed by atoms with van der Waals surface area (Å²) in [5.41, 5.74) is 13.5. The fourth-order valence-electron chi connectivity index (χ4n) is 6.51. The van der Waals surface area contributed by atoms with Gasteiger partial charge in [0.1, 0.15) is 0 Å². The second kappa shape index (κ2) is 21.2. The Kier molecular flexibility index (Phi) is 17.1. The Morgan fingerprint density at radius 1 is 0.780 bits per heavy atom. The molecule has 2 aromatic rings. The molecule has 1 saturated heterocycles. The van der Waals surface area contributed by atoms with Gasteiger partial charge >= 0.3 is 0 Å². The third-order valence-corrected chi connectivity index (χ3v) is 9.34. The van der Waals surface area contributed by atoms with Gasteiger partial charge in [0.25, 0.3) is 0 Å². The first-order valence-electron chi connectivity index (χ1n) is 18.1. The number of piperazine rings is 1. The van der Waals surface area contributed by atoms with E-state index in [0.29, 0.717) is 71.5 Å². The molecule has 50 heavy (non-hydrogen) atoms. The Hall–Kier alpha value is -4.09. The highest BCUT2D eigenvalue weighted by Crippen LogP contribution is 2.22. The fourth-order valence-corrected chi connectivity index (χ4v) is 6.51. The van der Waals surface area contributed by atoms with E-state index in [1.165, 1.54) is 6.92 Å². The van der Waals surface area contributed by atoms with Crippen molar-refractivity contribution in [2.24, 2.45) is 29.2 Å². The molecule has 1 heterocycles. The zero-order valence-corrected chi connectivity index (χ0v) is 30.2. The van der Waals surface area contributed by atoms with Gasteiger partial charge in [0.15, 0.2) is 5.78 Å². The van der Waals surface area contributed by atoms with E-state index in [4.69, 9.17) is 11.5 Å². The Bertz CT molecular complexity index is 1360. The first kappa shape index (κ1) is 40.3. The van der Waals surface area contributed by atoms with Gasteiger partial charge in [-0.1, -0.05) is 80.9 Å². The van der Waals surface area contributed by atoms with Crippen LogP contribution in [0.2, 0.25) is 0 Å². The van der Waals surface area contributed by atoms with E-state index < -0.39 is 17.9 Å². The number of unbranched alkanes of at least 4 members (excludes halogenated alkanes) is 1. The van der Waals surface area contributed by atoms with Crippen molar-refractivity contribution in [2.75, 3.05) is 45.8 Å². The van der Waals surface area contributed by atoms with Crippen LogP contribution in [-0.4, -0.2) is 96.0 Å². The zero-order chi connectivity index (χ0) is 36.5. The molecule has 11 heteroatoms. The van der Waals surface area contributed by atoms with Crippen LogP contribution in [0.3, 0.4) is 0 Å². The first-order chi connectivity index (χ1) is 24.0. The van der Waals surface area contributed by atoms with Gasteiger partial charge in [0, 0.05) is 71.5 Å². The maximum atomic E-state index is 14.1. The van der Waals surface area contributed by atoms with Crippen molar-refractivity contribution in [1.82, 2.24) is 20.0 Å². The molecule has 0 unspecified atom stereocenters. The molecule has 0 aromatic heterocycles. The van der Waals surface area contributed by atoms with Gasteiger partial charge in [-0.25, -0.2) is 0 Å². The third kappa shape index (κ3) is 13.3. The van der Waals surface area contributed by atoms with Crippen molar-refractivity contribution in [2.45, 2.75) is 78.3 Å². The van der Waals surface area contributed by atoms with Crippen LogP contribution in [0.15, 0.2) is 60.7 Å². The van der Waals surface area contributed by atoms with Gasteiger partial charge in [-0.05, 0) is 49.3 Å². The van der Waals surface area contributed by atoms with Crippen LogP contribution in [0.5, 0.6) is 0 Å². The molecule has 0 saturated carbocycles. The predicted octanol–water partition coefficient (Wildman–Crippen LogP) is 3.15. The van der Waals surface area contributed by atoms with E-state index in [2.05, 4.69) is 5.32 Å². The smallest absolute Gasteiger partial charge is 0.226 e. The van der Waals surface area contributed by atoms with Crippen LogP contribution in [0, 0.1) is 17.8 Å². The SMILES string of the molecule is CC(=O)N1CCN(C(=O)[C@@H](CCCCN)CC(=O)[C@@H](CC(C)C)NC(=O)[C@H](CC(=O)N(CCN)Cc2ccccc2)Cc2ccccc2)CC1. The summed E-state index contributed by atoms with van der Waals surface area (Å²) in [6.45, 7) is 8.80. The van der Waals surface area contributed by atoms with Gasteiger partial charge in [0.2, 0.25) is 23.6 Å². The van der Waals surface area contributed by atoms with Gasteiger partial charge in [-0.3, -0.25) is 24.0 Å². The molecular formula is C39H58N6O5. The number of nitrogens with one attached hydrogen (secondary N) is 1. The molecule has 3 rings (SSSR count). The highest BCUT2D eigenvalue weighted by Gasteiger charge is 2.34. The molecule has 4 amide bonds. The molecule has 5 N–H and O–H groups in total. The summed E-state index contributed by atoms with van der Waals surface area (Å²) in [4.78, 5) is 72.6. The Balaban J connectivity index is 1.79. The number of amides is 4. The number of nitrogens with two attached hydrogens (primary N) is 2. The maximum absolute atomic E-state index is 14.1. The number of carbonyl (C=O) groups is 5. The quantitative estimate of drug-likeness (QED) is 0.180. The normalized spacial score (nSPS) is 14.9. The standard InChI is InChI=1S/C39H58N6O5/c1-29(2)24-35(36(47)26-33(16-10-11-17-40)39(50)44-22-20-43(21-23-44)30(3)46)42-38(49)34(25-31-12-6-4-7-13-31)27-37(48)45(19-18-41)28-32-14-8-5-9-15-32/h4-9,12-15,29,33-35H,10-11,16-28,40-41H2,1-3H3,(H,42,49)/t33-,34-,35+/m0/s1. The molecule has 0 bridgehead atoms. The number of hydrogen-bond acceptors (Lipinski definition) is 7. The van der Waals surface area contributed by atoms with E-state index in [9.17, 15) is 24.0 Å². The van der Waals surface area contributed by atoms with Crippen LogP contribution in [0.25, 0.3) is 0 Å². The summed E-state index contributed by atoms with van der Waals surface area (Å²) in [6, 6.07) is 18.4. The number of Topliss-reactive ketones (excluding diaryl/α,β-unsaturated/α-hetero) is 1. The lowest BCUT2D eigenvalue weighted by Crippen LogP contribution is -2.52. The van der Waals surface area contributed by atoms with Crippen LogP contribution < -0.4 is 16.8 Å². The van der Waals surface area contributed by atoms with Crippen molar-refractivity contribution < 1.29 is 24.0 Å². The second-order valence-electron chi connectivity index (χ2n) is 13.9. The molecule has 1 aliphatic heterocycles. The van der Waals surface area contributed by atoms with E-state index in [0.717, 1.165) is 17.5 Å². The molecule has 1 fully saturated rings. The minimum Gasteiger partial charge on any atom is -0.346 e. The Morgan fingerprint density at radius 3 is 1.94 bits per heavy atom. The van der Waals surface area contributed by atoms with Crippen LogP contribution in [0.4, 0.5) is 0 Å². The molecule has 1 aliphatic rings. The molecule has 0 spiro atoms. The van der Waals surface area contributed by atoms with Crippen molar-refractivity contribution in [3.63, 3.8) is 0 Å². The number of rotatable bonds is 20. The lowest BCUT2D eigenvalue weighted by atomic mass is 9.88. The van der Waals surface area contributed by atoms with Crippen molar-refractivity contribution in [1.29, 1.82) is 0 Å². The number of ketones is 1. The molecular weight excluding hydrogens is 632 g/mol. The average molecular weight is 691 g/mol. The molecule has 0 radical (unpaired) electrons. The molecule has 0 aliphatic carbocycles. The summed E-state index contributed by atoms with van der Waals surface area (Å²) in [5.74, 6) is -2.03. The fraction of sp³-hybridized carbons (Fsp3) is 0.564. The second-order valence-corrected chi connectivity index (χ2v) is 13.9. The summed E-state index contributed by atoms with van der Waals surface area (Å²) >= 11 is 0. The van der Waals surface area contributed by atoms with Crippen LogP contribution >= 0.6 is 0 Å². The highest BCUT2D eigenvalue weighted by molar-refractivity contribution is 5.94. The number of nitrogens with zero attached hydrogens (tertiary/aromatic N) is 3. The largest absolute Gasteiger partial charge is 0.346 e. The van der Waals surface area contributed by atoms with Crippen molar-refractivity contribution in [3.8, 4) is 0 Å².